The molecule has 1 aliphatic heterocycles. The van der Waals surface area contributed by atoms with Gasteiger partial charge in [0.25, 0.3) is 5.91 Å². The summed E-state index contributed by atoms with van der Waals surface area (Å²) in [7, 11) is 0. The fraction of sp³-hybridized carbons (Fsp3) is 0.222. The van der Waals surface area contributed by atoms with E-state index >= 15 is 0 Å². The zero-order valence-electron chi connectivity index (χ0n) is 23.3. The number of ether oxygens (including phenoxy) is 1. The van der Waals surface area contributed by atoms with Gasteiger partial charge in [0.05, 0.1) is 24.0 Å². The number of Topliss-reactive ketones (excluding diaryl/α,β-unsaturated/α-hetero) is 1. The highest BCUT2D eigenvalue weighted by Gasteiger charge is 2.41. The van der Waals surface area contributed by atoms with Crippen LogP contribution in [0.2, 0.25) is 0 Å². The predicted molar refractivity (Wildman–Crippen MR) is 163 cm³/mol. The Labute approximate surface area is 241 Å². The second kappa shape index (κ2) is 11.8. The summed E-state index contributed by atoms with van der Waals surface area (Å²) in [5.41, 5.74) is 5.70. The lowest BCUT2D eigenvalue weighted by Gasteiger charge is -2.35. The standard InChI is InChI=1S/C36H34N2O3/c1-2-3-22-41-29-20-18-25(19-21-29)28-23-31-34(33(39)24-28)35(26-12-6-4-7-13-26)38(32-17-11-10-16-30(32)37-31)36(40)27-14-8-5-9-15-27/h4-21,28,35,37H,2-3,22-24H2,1H3/t28-,35+/m0/s1. The summed E-state index contributed by atoms with van der Waals surface area (Å²) in [5, 5.41) is 3.61. The lowest BCUT2D eigenvalue weighted by Crippen LogP contribution is -2.38. The number of para-hydroxylation sites is 2. The number of nitrogens with zero attached hydrogens (tertiary/aromatic N) is 1. The minimum atomic E-state index is -0.558. The van der Waals surface area contributed by atoms with Crippen LogP contribution in [0.5, 0.6) is 5.75 Å². The van der Waals surface area contributed by atoms with Gasteiger partial charge in [-0.15, -0.1) is 0 Å². The number of hydrogen-bond acceptors (Lipinski definition) is 4. The number of amides is 1. The van der Waals surface area contributed by atoms with Crippen molar-refractivity contribution in [1.29, 1.82) is 0 Å². The van der Waals surface area contributed by atoms with Crippen molar-refractivity contribution in [3.05, 3.63) is 137 Å². The van der Waals surface area contributed by atoms with Crippen molar-refractivity contribution in [2.45, 2.75) is 44.6 Å². The van der Waals surface area contributed by atoms with Gasteiger partial charge in [-0.05, 0) is 66.3 Å². The van der Waals surface area contributed by atoms with Gasteiger partial charge in [-0.25, -0.2) is 0 Å². The number of fused-ring (bicyclic) bond motifs is 1. The molecule has 0 bridgehead atoms. The van der Waals surface area contributed by atoms with Crippen LogP contribution in [-0.2, 0) is 4.79 Å². The summed E-state index contributed by atoms with van der Waals surface area (Å²) < 4.78 is 5.86. The van der Waals surface area contributed by atoms with Gasteiger partial charge in [0.15, 0.2) is 5.78 Å². The summed E-state index contributed by atoms with van der Waals surface area (Å²) in [6.45, 7) is 2.85. The minimum Gasteiger partial charge on any atom is -0.494 e. The summed E-state index contributed by atoms with van der Waals surface area (Å²) >= 11 is 0. The average Bonchev–Trinajstić information content (AvgIpc) is 3.17. The van der Waals surface area contributed by atoms with Crippen LogP contribution < -0.4 is 15.0 Å². The predicted octanol–water partition coefficient (Wildman–Crippen LogP) is 8.08. The first-order valence-electron chi connectivity index (χ1n) is 14.4. The smallest absolute Gasteiger partial charge is 0.259 e. The Morgan fingerprint density at radius 3 is 2.24 bits per heavy atom. The van der Waals surface area contributed by atoms with Crippen LogP contribution in [0.25, 0.3) is 0 Å². The van der Waals surface area contributed by atoms with Gasteiger partial charge in [0, 0.05) is 23.3 Å². The van der Waals surface area contributed by atoms with Crippen LogP contribution in [0.1, 0.15) is 66.1 Å². The van der Waals surface area contributed by atoms with Crippen molar-refractivity contribution in [3.63, 3.8) is 0 Å². The zero-order valence-corrected chi connectivity index (χ0v) is 23.3. The molecule has 1 heterocycles. The third kappa shape index (κ3) is 5.40. The summed E-state index contributed by atoms with van der Waals surface area (Å²) in [6.07, 6.45) is 3.16. The Morgan fingerprint density at radius 1 is 0.829 bits per heavy atom. The van der Waals surface area contributed by atoms with Crippen LogP contribution >= 0.6 is 0 Å². The monoisotopic (exact) mass is 542 g/mol. The number of anilines is 2. The highest BCUT2D eigenvalue weighted by atomic mass is 16.5. The number of benzene rings is 4. The third-order valence-electron chi connectivity index (χ3n) is 7.96. The molecule has 0 radical (unpaired) electrons. The molecule has 6 rings (SSSR count). The van der Waals surface area contributed by atoms with Crippen LogP contribution in [0.4, 0.5) is 11.4 Å². The van der Waals surface area contributed by atoms with E-state index in [1.807, 2.05) is 97.1 Å². The zero-order chi connectivity index (χ0) is 28.2. The van der Waals surface area contributed by atoms with Gasteiger partial charge in [-0.3, -0.25) is 14.5 Å². The fourth-order valence-electron chi connectivity index (χ4n) is 5.89. The molecular weight excluding hydrogens is 508 g/mol. The Kier molecular flexibility index (Phi) is 7.68. The van der Waals surface area contributed by atoms with E-state index < -0.39 is 6.04 Å². The van der Waals surface area contributed by atoms with Crippen molar-refractivity contribution in [1.82, 2.24) is 0 Å². The highest BCUT2D eigenvalue weighted by Crippen LogP contribution is 2.47. The van der Waals surface area contributed by atoms with Crippen molar-refractivity contribution < 1.29 is 14.3 Å². The second-order valence-electron chi connectivity index (χ2n) is 10.7. The molecule has 1 aliphatic carbocycles. The molecule has 4 aromatic rings. The van der Waals surface area contributed by atoms with E-state index in [-0.39, 0.29) is 17.6 Å². The van der Waals surface area contributed by atoms with Crippen LogP contribution in [0.15, 0.2) is 120 Å². The van der Waals surface area contributed by atoms with E-state index in [0.29, 0.717) is 30.6 Å². The lowest BCUT2D eigenvalue weighted by atomic mass is 9.78. The first-order valence-corrected chi connectivity index (χ1v) is 14.4. The fourth-order valence-corrected chi connectivity index (χ4v) is 5.89. The SMILES string of the molecule is CCCCOc1ccc([C@@H]2CC(=O)C3=C(C2)Nc2ccccc2N(C(=O)c2ccccc2)[C@@H]3c2ccccc2)cc1. The molecule has 0 aromatic heterocycles. The quantitative estimate of drug-likeness (QED) is 0.240. The number of rotatable bonds is 7. The van der Waals surface area contributed by atoms with E-state index in [1.54, 1.807) is 4.90 Å². The topological polar surface area (TPSA) is 58.6 Å². The number of nitrogens with one attached hydrogen (secondary N) is 1. The second-order valence-corrected chi connectivity index (χ2v) is 10.7. The van der Waals surface area contributed by atoms with Gasteiger partial charge in [0.1, 0.15) is 5.75 Å². The number of allylic oxidation sites excluding steroid dienone is 1. The van der Waals surface area contributed by atoms with Crippen LogP contribution in [-0.4, -0.2) is 18.3 Å². The first-order chi connectivity index (χ1) is 20.1. The van der Waals surface area contributed by atoms with Crippen molar-refractivity contribution in [2.24, 2.45) is 0 Å². The molecule has 1 amide bonds. The van der Waals surface area contributed by atoms with Gasteiger partial charge in [-0.2, -0.15) is 0 Å². The third-order valence-corrected chi connectivity index (χ3v) is 7.96. The summed E-state index contributed by atoms with van der Waals surface area (Å²) in [5.74, 6) is 0.791. The number of hydrogen-bond donors (Lipinski definition) is 1. The van der Waals surface area contributed by atoms with E-state index in [4.69, 9.17) is 4.74 Å². The Morgan fingerprint density at radius 2 is 1.51 bits per heavy atom. The van der Waals surface area contributed by atoms with Gasteiger partial charge in [-0.1, -0.05) is 86.1 Å². The molecule has 41 heavy (non-hydrogen) atoms. The minimum absolute atomic E-state index is 0.0263. The maximum Gasteiger partial charge on any atom is 0.259 e. The molecular formula is C36H34N2O3. The molecule has 5 heteroatoms. The lowest BCUT2D eigenvalue weighted by molar-refractivity contribution is -0.116. The van der Waals surface area contributed by atoms with Gasteiger partial charge >= 0.3 is 0 Å². The number of carbonyl (C=O) groups is 2. The molecule has 1 N–H and O–H groups in total. The molecule has 4 aromatic carbocycles. The van der Waals surface area contributed by atoms with E-state index in [1.165, 1.54) is 0 Å². The van der Waals surface area contributed by atoms with Crippen molar-refractivity contribution >= 4 is 23.1 Å². The van der Waals surface area contributed by atoms with E-state index in [9.17, 15) is 9.59 Å². The molecule has 0 unspecified atom stereocenters. The van der Waals surface area contributed by atoms with Gasteiger partial charge < -0.3 is 10.1 Å². The average molecular weight is 543 g/mol. The Bertz CT molecular complexity index is 1560. The Balaban J connectivity index is 1.43. The molecule has 0 saturated heterocycles. The Hall–Kier alpha value is -4.64. The van der Waals surface area contributed by atoms with Crippen LogP contribution in [0, 0.1) is 0 Å². The number of ketones is 1. The van der Waals surface area contributed by atoms with Gasteiger partial charge in [0.2, 0.25) is 0 Å². The summed E-state index contributed by atoms with van der Waals surface area (Å²) in [6, 6.07) is 34.6. The molecule has 0 spiro atoms. The first kappa shape index (κ1) is 26.6. The molecule has 2 atom stereocenters. The maximum absolute atomic E-state index is 14.2. The maximum atomic E-state index is 14.2. The van der Waals surface area contributed by atoms with Crippen LogP contribution in [0.3, 0.4) is 0 Å². The van der Waals surface area contributed by atoms with Crippen molar-refractivity contribution in [2.75, 3.05) is 16.8 Å². The number of unbranched alkanes of at least 4 members (excludes halogenated alkanes) is 1. The van der Waals surface area contributed by atoms with E-state index in [0.717, 1.165) is 46.8 Å². The molecule has 0 fully saturated rings. The number of carbonyl (C=O) groups excluding carboxylic acids is 2. The largest absolute Gasteiger partial charge is 0.494 e. The molecule has 2 aliphatic rings. The molecule has 0 saturated carbocycles. The molecule has 5 nitrogen and oxygen atoms in total. The highest BCUT2D eigenvalue weighted by molar-refractivity contribution is 6.12. The molecule has 206 valence electrons. The van der Waals surface area contributed by atoms with Crippen molar-refractivity contribution in [3.8, 4) is 5.75 Å². The summed E-state index contributed by atoms with van der Waals surface area (Å²) in [4.78, 5) is 30.2. The normalized spacial score (nSPS) is 18.2. The van der Waals surface area contributed by atoms with E-state index in [2.05, 4.69) is 24.4 Å².